The van der Waals surface area contributed by atoms with Crippen molar-refractivity contribution in [2.24, 2.45) is 5.92 Å². The largest absolute Gasteiger partial charge is 0.497 e. The molecule has 0 amide bonds. The maximum atomic E-state index is 5.18. The van der Waals surface area contributed by atoms with Crippen LogP contribution in [-0.4, -0.2) is 29.6 Å². The van der Waals surface area contributed by atoms with E-state index in [2.05, 4.69) is 16.5 Å². The van der Waals surface area contributed by atoms with Crippen molar-refractivity contribution < 1.29 is 4.74 Å². The molecule has 0 aromatic carbocycles. The number of fused-ring (bicyclic) bond motifs is 1. The molecule has 84 valence electrons. The summed E-state index contributed by atoms with van der Waals surface area (Å²) in [6.45, 7) is 2.24. The average molecular weight is 217 g/mol. The number of imidazole rings is 1. The minimum absolute atomic E-state index is 0.756. The van der Waals surface area contributed by atoms with Gasteiger partial charge in [-0.2, -0.15) is 0 Å². The average Bonchev–Trinajstić information content (AvgIpc) is 2.64. The predicted octanol–water partition coefficient (Wildman–Crippen LogP) is 1.10. The molecule has 3 heterocycles. The van der Waals surface area contributed by atoms with Crippen molar-refractivity contribution in [1.29, 1.82) is 0 Å². The number of methoxy groups -OCH3 is 1. The number of pyridine rings is 1. The molecule has 2 aromatic heterocycles. The Labute approximate surface area is 94.3 Å². The van der Waals surface area contributed by atoms with E-state index >= 15 is 0 Å². The van der Waals surface area contributed by atoms with Crippen LogP contribution < -0.4 is 10.1 Å². The molecule has 0 bridgehead atoms. The molecular formula is C12H15N3O. The predicted molar refractivity (Wildman–Crippen MR) is 61.8 cm³/mol. The Balaban J connectivity index is 1.89. The Kier molecular flexibility index (Phi) is 2.29. The number of hydrogen-bond acceptors (Lipinski definition) is 3. The number of rotatable bonds is 3. The second kappa shape index (κ2) is 3.79. The zero-order valence-corrected chi connectivity index (χ0v) is 9.31. The molecule has 0 spiro atoms. The Bertz CT molecular complexity index is 502. The molecule has 0 atom stereocenters. The third-order valence-corrected chi connectivity index (χ3v) is 3.08. The quantitative estimate of drug-likeness (QED) is 0.837. The van der Waals surface area contributed by atoms with E-state index in [1.54, 1.807) is 7.11 Å². The SMILES string of the molecule is COc1ccn2cc(CC3CNC3)nc2c1. The van der Waals surface area contributed by atoms with Crippen molar-refractivity contribution >= 4 is 5.65 Å². The van der Waals surface area contributed by atoms with Gasteiger partial charge in [-0.25, -0.2) is 4.98 Å². The maximum absolute atomic E-state index is 5.18. The van der Waals surface area contributed by atoms with Crippen molar-refractivity contribution in [3.8, 4) is 5.75 Å². The van der Waals surface area contributed by atoms with E-state index < -0.39 is 0 Å². The third kappa shape index (κ3) is 1.65. The smallest absolute Gasteiger partial charge is 0.140 e. The fourth-order valence-corrected chi connectivity index (χ4v) is 2.03. The third-order valence-electron chi connectivity index (χ3n) is 3.08. The van der Waals surface area contributed by atoms with Crippen LogP contribution in [0.5, 0.6) is 5.75 Å². The van der Waals surface area contributed by atoms with Gasteiger partial charge in [0.15, 0.2) is 0 Å². The summed E-state index contributed by atoms with van der Waals surface area (Å²) >= 11 is 0. The van der Waals surface area contributed by atoms with Gasteiger partial charge in [0.05, 0.1) is 12.8 Å². The van der Waals surface area contributed by atoms with Crippen LogP contribution in [0.1, 0.15) is 5.69 Å². The highest BCUT2D eigenvalue weighted by atomic mass is 16.5. The standard InChI is InChI=1S/C12H15N3O/c1-16-11-2-3-15-8-10(14-12(15)5-11)4-9-6-13-7-9/h2-3,5,8-9,13H,4,6-7H2,1H3. The zero-order chi connectivity index (χ0) is 11.0. The topological polar surface area (TPSA) is 38.6 Å². The molecule has 0 saturated carbocycles. The Morgan fingerprint density at radius 3 is 3.12 bits per heavy atom. The Morgan fingerprint density at radius 1 is 1.56 bits per heavy atom. The van der Waals surface area contributed by atoms with Gasteiger partial charge in [-0.15, -0.1) is 0 Å². The summed E-state index contributed by atoms with van der Waals surface area (Å²) in [6, 6.07) is 3.91. The molecule has 1 aliphatic rings. The van der Waals surface area contributed by atoms with Gasteiger partial charge in [0.2, 0.25) is 0 Å². The van der Waals surface area contributed by atoms with Crippen LogP contribution >= 0.6 is 0 Å². The van der Waals surface area contributed by atoms with Gasteiger partial charge in [0, 0.05) is 18.5 Å². The molecule has 4 heteroatoms. The minimum atomic E-state index is 0.756. The van der Waals surface area contributed by atoms with E-state index in [0.717, 1.165) is 36.8 Å². The molecular weight excluding hydrogens is 202 g/mol. The first-order valence-electron chi connectivity index (χ1n) is 5.57. The summed E-state index contributed by atoms with van der Waals surface area (Å²) in [7, 11) is 1.68. The first-order chi connectivity index (χ1) is 7.85. The molecule has 16 heavy (non-hydrogen) atoms. The Hall–Kier alpha value is -1.55. The molecule has 0 unspecified atom stereocenters. The fourth-order valence-electron chi connectivity index (χ4n) is 2.03. The summed E-state index contributed by atoms with van der Waals surface area (Å²) in [4.78, 5) is 4.60. The molecule has 0 radical (unpaired) electrons. The van der Waals surface area contributed by atoms with Crippen molar-refractivity contribution in [2.45, 2.75) is 6.42 Å². The molecule has 1 N–H and O–H groups in total. The second-order valence-corrected chi connectivity index (χ2v) is 4.29. The van der Waals surface area contributed by atoms with E-state index in [0.29, 0.717) is 0 Å². The van der Waals surface area contributed by atoms with Crippen LogP contribution in [0.2, 0.25) is 0 Å². The van der Waals surface area contributed by atoms with Gasteiger partial charge in [0.25, 0.3) is 0 Å². The molecule has 1 aliphatic heterocycles. The number of nitrogens with zero attached hydrogens (tertiary/aromatic N) is 2. The monoisotopic (exact) mass is 217 g/mol. The lowest BCUT2D eigenvalue weighted by Crippen LogP contribution is -2.43. The van der Waals surface area contributed by atoms with E-state index in [4.69, 9.17) is 4.74 Å². The van der Waals surface area contributed by atoms with Crippen molar-refractivity contribution in [3.63, 3.8) is 0 Å². The molecule has 0 aliphatic carbocycles. The van der Waals surface area contributed by atoms with Crippen LogP contribution in [0.3, 0.4) is 0 Å². The van der Waals surface area contributed by atoms with E-state index in [1.807, 2.05) is 22.7 Å². The van der Waals surface area contributed by atoms with Gasteiger partial charge < -0.3 is 14.5 Å². The lowest BCUT2D eigenvalue weighted by Gasteiger charge is -2.25. The summed E-state index contributed by atoms with van der Waals surface area (Å²) in [5.74, 6) is 1.61. The lowest BCUT2D eigenvalue weighted by atomic mass is 9.98. The van der Waals surface area contributed by atoms with E-state index in [-0.39, 0.29) is 0 Å². The first-order valence-corrected chi connectivity index (χ1v) is 5.57. The number of hydrogen-bond donors (Lipinski definition) is 1. The fraction of sp³-hybridized carbons (Fsp3) is 0.417. The van der Waals surface area contributed by atoms with Gasteiger partial charge in [-0.1, -0.05) is 0 Å². The van der Waals surface area contributed by atoms with Crippen molar-refractivity contribution in [1.82, 2.24) is 14.7 Å². The maximum Gasteiger partial charge on any atom is 0.140 e. The van der Waals surface area contributed by atoms with Gasteiger partial charge in [-0.3, -0.25) is 0 Å². The van der Waals surface area contributed by atoms with Crippen LogP contribution in [0, 0.1) is 5.92 Å². The summed E-state index contributed by atoms with van der Waals surface area (Å²) in [5, 5.41) is 3.28. The summed E-state index contributed by atoms with van der Waals surface area (Å²) in [6.07, 6.45) is 5.16. The normalized spacial score (nSPS) is 16.3. The van der Waals surface area contributed by atoms with Gasteiger partial charge in [-0.05, 0) is 31.5 Å². The van der Waals surface area contributed by atoms with Crippen LogP contribution in [0.4, 0.5) is 0 Å². The first kappa shape index (κ1) is 9.66. The number of ether oxygens (including phenoxy) is 1. The summed E-state index contributed by atoms with van der Waals surface area (Å²) < 4.78 is 7.23. The highest BCUT2D eigenvalue weighted by Crippen LogP contribution is 2.16. The van der Waals surface area contributed by atoms with Crippen LogP contribution in [-0.2, 0) is 6.42 Å². The van der Waals surface area contributed by atoms with Crippen molar-refractivity contribution in [3.05, 3.63) is 30.2 Å². The van der Waals surface area contributed by atoms with Crippen LogP contribution in [0.25, 0.3) is 5.65 Å². The zero-order valence-electron chi connectivity index (χ0n) is 9.31. The highest BCUT2D eigenvalue weighted by molar-refractivity contribution is 5.45. The highest BCUT2D eigenvalue weighted by Gasteiger charge is 2.18. The molecule has 1 fully saturated rings. The summed E-state index contributed by atoms with van der Waals surface area (Å²) in [5.41, 5.74) is 2.13. The van der Waals surface area contributed by atoms with E-state index in [9.17, 15) is 0 Å². The lowest BCUT2D eigenvalue weighted by molar-refractivity contribution is 0.344. The molecule has 4 nitrogen and oxygen atoms in total. The second-order valence-electron chi connectivity index (χ2n) is 4.29. The number of aromatic nitrogens is 2. The molecule has 2 aromatic rings. The van der Waals surface area contributed by atoms with Gasteiger partial charge >= 0.3 is 0 Å². The molecule has 1 saturated heterocycles. The van der Waals surface area contributed by atoms with Crippen molar-refractivity contribution in [2.75, 3.05) is 20.2 Å². The van der Waals surface area contributed by atoms with Gasteiger partial charge in [0.1, 0.15) is 11.4 Å². The van der Waals surface area contributed by atoms with Crippen LogP contribution in [0.15, 0.2) is 24.5 Å². The minimum Gasteiger partial charge on any atom is -0.497 e. The van der Waals surface area contributed by atoms with E-state index in [1.165, 1.54) is 5.69 Å². The number of nitrogens with one attached hydrogen (secondary N) is 1. The molecule has 3 rings (SSSR count). The Morgan fingerprint density at radius 2 is 2.44 bits per heavy atom.